The van der Waals surface area contributed by atoms with Crippen LogP contribution in [0.15, 0.2) is 54.6 Å². The van der Waals surface area contributed by atoms with Crippen molar-refractivity contribution in [1.29, 1.82) is 0 Å². The fourth-order valence-electron chi connectivity index (χ4n) is 4.23. The minimum atomic E-state index is -0.694. The van der Waals surface area contributed by atoms with Crippen molar-refractivity contribution in [3.05, 3.63) is 65.7 Å². The van der Waals surface area contributed by atoms with Crippen molar-refractivity contribution in [3.63, 3.8) is 0 Å². The van der Waals surface area contributed by atoms with Gasteiger partial charge in [-0.15, -0.1) is 0 Å². The van der Waals surface area contributed by atoms with E-state index < -0.39 is 24.2 Å². The van der Waals surface area contributed by atoms with Crippen LogP contribution in [0, 0.1) is 5.92 Å². The number of hydrogen-bond acceptors (Lipinski definition) is 4. The number of hydrogen-bond donors (Lipinski definition) is 2. The quantitative estimate of drug-likeness (QED) is 0.749. The number of carbonyl (C=O) groups excluding carboxylic acids is 3. The van der Waals surface area contributed by atoms with Gasteiger partial charge < -0.3 is 20.3 Å². The molecule has 2 aliphatic heterocycles. The van der Waals surface area contributed by atoms with Gasteiger partial charge in [-0.1, -0.05) is 42.5 Å². The number of fused-ring (bicyclic) bond motifs is 1. The van der Waals surface area contributed by atoms with Gasteiger partial charge in [-0.3, -0.25) is 9.69 Å². The third kappa shape index (κ3) is 3.93. The van der Waals surface area contributed by atoms with Crippen LogP contribution in [0.2, 0.25) is 0 Å². The standard InChI is InChI=1S/C23H26N4O4/c1-3-26-20-18(21(28)27(4-2)23(26)30)19(24-22(29)25-20)16-11-8-12-17(13-16)31-14-15-9-6-5-7-10-15/h5-13,18-20H,3-4,14H2,1-2H3,(H2,24,25,29). The summed E-state index contributed by atoms with van der Waals surface area (Å²) in [6.45, 7) is 4.68. The third-order valence-corrected chi connectivity index (χ3v) is 5.75. The zero-order valence-electron chi connectivity index (χ0n) is 17.6. The number of urea groups is 2. The molecule has 8 heteroatoms. The molecule has 0 bridgehead atoms. The predicted octanol–water partition coefficient (Wildman–Crippen LogP) is 2.87. The summed E-state index contributed by atoms with van der Waals surface area (Å²) in [7, 11) is 0. The molecule has 0 aliphatic carbocycles. The Morgan fingerprint density at radius 3 is 2.42 bits per heavy atom. The lowest BCUT2D eigenvalue weighted by Crippen LogP contribution is -2.72. The smallest absolute Gasteiger partial charge is 0.328 e. The van der Waals surface area contributed by atoms with Gasteiger partial charge in [0.05, 0.1) is 6.04 Å². The molecule has 2 aromatic rings. The molecule has 2 aromatic carbocycles. The minimum Gasteiger partial charge on any atom is -0.489 e. The van der Waals surface area contributed by atoms with Gasteiger partial charge in [0.1, 0.15) is 24.4 Å². The van der Waals surface area contributed by atoms with Crippen molar-refractivity contribution >= 4 is 18.0 Å². The second-order valence-electron chi connectivity index (χ2n) is 7.56. The highest BCUT2D eigenvalue weighted by molar-refractivity contribution is 6.00. The summed E-state index contributed by atoms with van der Waals surface area (Å²) in [5, 5.41) is 5.64. The number of rotatable bonds is 6. The second kappa shape index (κ2) is 8.67. The van der Waals surface area contributed by atoms with E-state index in [4.69, 9.17) is 4.74 Å². The van der Waals surface area contributed by atoms with E-state index in [1.54, 1.807) is 6.92 Å². The van der Waals surface area contributed by atoms with Crippen molar-refractivity contribution in [3.8, 4) is 5.75 Å². The van der Waals surface area contributed by atoms with Crippen molar-refractivity contribution < 1.29 is 19.1 Å². The number of nitrogens with zero attached hydrogens (tertiary/aromatic N) is 2. The molecule has 0 aromatic heterocycles. The van der Waals surface area contributed by atoms with Crippen LogP contribution in [0.5, 0.6) is 5.75 Å². The second-order valence-corrected chi connectivity index (χ2v) is 7.56. The molecule has 8 nitrogen and oxygen atoms in total. The molecule has 5 amide bonds. The number of amides is 5. The molecule has 2 saturated heterocycles. The van der Waals surface area contributed by atoms with Crippen LogP contribution in [0.3, 0.4) is 0 Å². The lowest BCUT2D eigenvalue weighted by Gasteiger charge is -2.49. The fraction of sp³-hybridized carbons (Fsp3) is 0.348. The Morgan fingerprint density at radius 2 is 1.71 bits per heavy atom. The van der Waals surface area contributed by atoms with Crippen LogP contribution in [0.25, 0.3) is 0 Å². The van der Waals surface area contributed by atoms with Gasteiger partial charge in [0.15, 0.2) is 0 Å². The first-order valence-electron chi connectivity index (χ1n) is 10.5. The molecule has 4 rings (SSSR count). The Bertz CT molecular complexity index is 981. The minimum absolute atomic E-state index is 0.276. The first kappa shape index (κ1) is 20.7. The van der Waals surface area contributed by atoms with Crippen LogP contribution in [0.1, 0.15) is 31.0 Å². The molecule has 3 atom stereocenters. The van der Waals surface area contributed by atoms with E-state index in [0.717, 1.165) is 11.1 Å². The third-order valence-electron chi connectivity index (χ3n) is 5.75. The summed E-state index contributed by atoms with van der Waals surface area (Å²) in [4.78, 5) is 41.1. The number of carbonyl (C=O) groups is 3. The first-order chi connectivity index (χ1) is 15.0. The molecular weight excluding hydrogens is 396 g/mol. The summed E-state index contributed by atoms with van der Waals surface area (Å²) < 4.78 is 5.93. The largest absolute Gasteiger partial charge is 0.489 e. The lowest BCUT2D eigenvalue weighted by molar-refractivity contribution is -0.141. The van der Waals surface area contributed by atoms with Crippen molar-refractivity contribution in [1.82, 2.24) is 20.4 Å². The molecule has 0 saturated carbocycles. The highest BCUT2D eigenvalue weighted by atomic mass is 16.5. The average molecular weight is 422 g/mol. The predicted molar refractivity (Wildman–Crippen MR) is 114 cm³/mol. The van der Waals surface area contributed by atoms with Gasteiger partial charge in [0.25, 0.3) is 0 Å². The van der Waals surface area contributed by atoms with E-state index in [2.05, 4.69) is 10.6 Å². The van der Waals surface area contributed by atoms with Gasteiger partial charge in [-0.25, -0.2) is 9.59 Å². The summed E-state index contributed by atoms with van der Waals surface area (Å²) in [5.74, 6) is -0.292. The lowest BCUT2D eigenvalue weighted by atomic mass is 9.85. The molecule has 0 spiro atoms. The molecular formula is C23H26N4O4. The van der Waals surface area contributed by atoms with Crippen molar-refractivity contribution in [2.75, 3.05) is 13.1 Å². The normalized spacial score (nSPS) is 23.2. The summed E-state index contributed by atoms with van der Waals surface area (Å²) >= 11 is 0. The van der Waals surface area contributed by atoms with Gasteiger partial charge in [0, 0.05) is 13.1 Å². The molecule has 3 unspecified atom stereocenters. The molecule has 2 fully saturated rings. The zero-order chi connectivity index (χ0) is 22.0. The van der Waals surface area contributed by atoms with E-state index in [1.165, 1.54) is 9.80 Å². The van der Waals surface area contributed by atoms with Crippen LogP contribution >= 0.6 is 0 Å². The van der Waals surface area contributed by atoms with Crippen LogP contribution < -0.4 is 15.4 Å². The Hall–Kier alpha value is -3.55. The molecule has 162 valence electrons. The topological polar surface area (TPSA) is 91.0 Å². The van der Waals surface area contributed by atoms with Crippen LogP contribution in [0.4, 0.5) is 9.59 Å². The number of imide groups is 1. The highest BCUT2D eigenvalue weighted by Crippen LogP contribution is 2.35. The van der Waals surface area contributed by atoms with E-state index in [-0.39, 0.29) is 18.5 Å². The van der Waals surface area contributed by atoms with Crippen LogP contribution in [-0.4, -0.2) is 47.0 Å². The van der Waals surface area contributed by atoms with Gasteiger partial charge >= 0.3 is 12.1 Å². The monoisotopic (exact) mass is 422 g/mol. The van der Waals surface area contributed by atoms with E-state index >= 15 is 0 Å². The highest BCUT2D eigenvalue weighted by Gasteiger charge is 2.52. The van der Waals surface area contributed by atoms with Crippen LogP contribution in [-0.2, 0) is 11.4 Å². The average Bonchev–Trinajstić information content (AvgIpc) is 2.78. The maximum Gasteiger partial charge on any atom is 0.328 e. The molecule has 31 heavy (non-hydrogen) atoms. The number of nitrogens with one attached hydrogen (secondary N) is 2. The summed E-state index contributed by atoms with van der Waals surface area (Å²) in [6, 6.07) is 15.8. The molecule has 2 N–H and O–H groups in total. The number of benzene rings is 2. The Morgan fingerprint density at radius 1 is 0.935 bits per heavy atom. The maximum atomic E-state index is 13.2. The van der Waals surface area contributed by atoms with Gasteiger partial charge in [-0.05, 0) is 37.1 Å². The fourth-order valence-corrected chi connectivity index (χ4v) is 4.23. The number of ether oxygens (including phenoxy) is 1. The zero-order valence-corrected chi connectivity index (χ0v) is 17.6. The van der Waals surface area contributed by atoms with Gasteiger partial charge in [-0.2, -0.15) is 0 Å². The van der Waals surface area contributed by atoms with Crippen molar-refractivity contribution in [2.45, 2.75) is 32.7 Å². The SMILES string of the molecule is CCN1C(=O)C2C(c3cccc(OCc4ccccc4)c3)NC(=O)NC2N(CC)C1=O. The van der Waals surface area contributed by atoms with Crippen molar-refractivity contribution in [2.24, 2.45) is 5.92 Å². The maximum absolute atomic E-state index is 13.2. The summed E-state index contributed by atoms with van der Waals surface area (Å²) in [6.07, 6.45) is -0.694. The Kier molecular flexibility index (Phi) is 5.79. The summed E-state index contributed by atoms with van der Waals surface area (Å²) in [5.41, 5.74) is 1.80. The molecule has 0 radical (unpaired) electrons. The first-order valence-corrected chi connectivity index (χ1v) is 10.5. The Balaban J connectivity index is 1.62. The Labute approximate surface area is 181 Å². The molecule has 2 heterocycles. The molecule has 2 aliphatic rings. The van der Waals surface area contributed by atoms with E-state index in [1.807, 2.05) is 61.5 Å². The van der Waals surface area contributed by atoms with Gasteiger partial charge in [0.2, 0.25) is 5.91 Å². The van der Waals surface area contributed by atoms with E-state index in [0.29, 0.717) is 18.9 Å². The van der Waals surface area contributed by atoms with E-state index in [9.17, 15) is 14.4 Å².